The number of nitrogens with one attached hydrogen (secondary N) is 1. The van der Waals surface area contributed by atoms with Gasteiger partial charge in [0.05, 0.1) is 46.0 Å². The van der Waals surface area contributed by atoms with Gasteiger partial charge in [0, 0.05) is 0 Å². The highest BCUT2D eigenvalue weighted by Gasteiger charge is 2.21. The second-order valence-corrected chi connectivity index (χ2v) is 6.68. The molecule has 3 rings (SSSR count). The molecule has 0 radical (unpaired) electrons. The Kier molecular flexibility index (Phi) is 5.16. The lowest BCUT2D eigenvalue weighted by Gasteiger charge is -2.13. The fourth-order valence-electron chi connectivity index (χ4n) is 2.59. The molecule has 0 atom stereocenters. The molecule has 2 heterocycles. The molecule has 0 saturated carbocycles. The van der Waals surface area contributed by atoms with Gasteiger partial charge >= 0.3 is 0 Å². The Morgan fingerprint density at radius 1 is 1.28 bits per heavy atom. The Bertz CT molecular complexity index is 886. The van der Waals surface area contributed by atoms with Crippen molar-refractivity contribution < 1.29 is 9.21 Å². The van der Waals surface area contributed by atoms with Crippen LogP contribution in [0.15, 0.2) is 47.2 Å². The first-order valence-electron chi connectivity index (χ1n) is 7.81. The molecular weight excluding hydrogens is 361 g/mol. The summed E-state index contributed by atoms with van der Waals surface area (Å²) in [7, 11) is 0. The Labute approximate surface area is 155 Å². The number of hydrogen-bond acceptors (Lipinski definition) is 3. The second-order valence-electron chi connectivity index (χ2n) is 5.87. The van der Waals surface area contributed by atoms with Gasteiger partial charge in [-0.3, -0.25) is 4.79 Å². The van der Waals surface area contributed by atoms with Crippen molar-refractivity contribution in [3.63, 3.8) is 0 Å². The third kappa shape index (κ3) is 3.72. The van der Waals surface area contributed by atoms with Crippen LogP contribution in [0.2, 0.25) is 10.0 Å². The SMILES string of the molecule is CC(C)c1c(C(=O)NCc2ccco2)cnn1-c1ccc(Cl)c(Cl)c1. The third-order valence-corrected chi connectivity index (χ3v) is 4.49. The van der Waals surface area contributed by atoms with E-state index in [1.54, 1.807) is 35.3 Å². The molecule has 1 aromatic carbocycles. The molecule has 130 valence electrons. The maximum atomic E-state index is 12.6. The minimum absolute atomic E-state index is 0.0846. The van der Waals surface area contributed by atoms with Crippen molar-refractivity contribution in [3.05, 3.63) is 69.9 Å². The van der Waals surface area contributed by atoms with Crippen molar-refractivity contribution in [1.29, 1.82) is 0 Å². The first kappa shape index (κ1) is 17.6. The van der Waals surface area contributed by atoms with E-state index in [1.165, 1.54) is 0 Å². The fourth-order valence-corrected chi connectivity index (χ4v) is 2.88. The van der Waals surface area contributed by atoms with Gasteiger partial charge in [0.2, 0.25) is 0 Å². The van der Waals surface area contributed by atoms with Gasteiger partial charge < -0.3 is 9.73 Å². The minimum Gasteiger partial charge on any atom is -0.467 e. The highest BCUT2D eigenvalue weighted by Crippen LogP contribution is 2.28. The summed E-state index contributed by atoms with van der Waals surface area (Å²) in [5, 5.41) is 8.13. The van der Waals surface area contributed by atoms with Crippen molar-refractivity contribution in [2.24, 2.45) is 0 Å². The molecular formula is C18H17Cl2N3O2. The Morgan fingerprint density at radius 2 is 2.08 bits per heavy atom. The zero-order chi connectivity index (χ0) is 18.0. The number of hydrogen-bond donors (Lipinski definition) is 1. The number of halogens is 2. The quantitative estimate of drug-likeness (QED) is 0.692. The lowest BCUT2D eigenvalue weighted by Crippen LogP contribution is -2.24. The van der Waals surface area contributed by atoms with Gasteiger partial charge in [0.1, 0.15) is 5.76 Å². The number of rotatable bonds is 5. The fraction of sp³-hybridized carbons (Fsp3) is 0.222. The van der Waals surface area contributed by atoms with Gasteiger partial charge in [-0.25, -0.2) is 4.68 Å². The summed E-state index contributed by atoms with van der Waals surface area (Å²) in [5.41, 5.74) is 2.08. The predicted molar refractivity (Wildman–Crippen MR) is 97.6 cm³/mol. The smallest absolute Gasteiger partial charge is 0.255 e. The number of aromatic nitrogens is 2. The molecule has 1 amide bonds. The zero-order valence-corrected chi connectivity index (χ0v) is 15.3. The van der Waals surface area contributed by atoms with Gasteiger partial charge in [-0.1, -0.05) is 37.0 Å². The Balaban J connectivity index is 1.91. The van der Waals surface area contributed by atoms with Gasteiger partial charge in [-0.2, -0.15) is 5.10 Å². The van der Waals surface area contributed by atoms with Gasteiger partial charge in [-0.05, 0) is 36.2 Å². The van der Waals surface area contributed by atoms with Crippen molar-refractivity contribution in [1.82, 2.24) is 15.1 Å². The molecule has 0 aliphatic rings. The van der Waals surface area contributed by atoms with Crippen LogP contribution in [0, 0.1) is 0 Å². The number of carbonyl (C=O) groups excluding carboxylic acids is 1. The van der Waals surface area contributed by atoms with Crippen LogP contribution in [0.25, 0.3) is 5.69 Å². The summed E-state index contributed by atoms with van der Waals surface area (Å²) in [6, 6.07) is 8.85. The average molecular weight is 378 g/mol. The lowest BCUT2D eigenvalue weighted by molar-refractivity contribution is 0.0946. The highest BCUT2D eigenvalue weighted by atomic mass is 35.5. The molecule has 3 aromatic rings. The molecule has 0 aliphatic heterocycles. The van der Waals surface area contributed by atoms with E-state index in [0.29, 0.717) is 27.9 Å². The first-order valence-corrected chi connectivity index (χ1v) is 8.57. The van der Waals surface area contributed by atoms with Crippen LogP contribution in [0.4, 0.5) is 0 Å². The van der Waals surface area contributed by atoms with E-state index in [1.807, 2.05) is 26.0 Å². The second kappa shape index (κ2) is 7.33. The maximum Gasteiger partial charge on any atom is 0.255 e. The van der Waals surface area contributed by atoms with Gasteiger partial charge in [0.25, 0.3) is 5.91 Å². The van der Waals surface area contributed by atoms with Crippen molar-refractivity contribution in [3.8, 4) is 5.69 Å². The Morgan fingerprint density at radius 3 is 2.72 bits per heavy atom. The van der Waals surface area contributed by atoms with Gasteiger partial charge in [-0.15, -0.1) is 0 Å². The summed E-state index contributed by atoms with van der Waals surface area (Å²) in [4.78, 5) is 12.6. The van der Waals surface area contributed by atoms with E-state index in [0.717, 1.165) is 11.4 Å². The zero-order valence-electron chi connectivity index (χ0n) is 13.8. The summed E-state index contributed by atoms with van der Waals surface area (Å²) < 4.78 is 6.95. The van der Waals surface area contributed by atoms with Crippen LogP contribution < -0.4 is 5.32 Å². The van der Waals surface area contributed by atoms with Crippen LogP contribution in [0.5, 0.6) is 0 Å². The van der Waals surface area contributed by atoms with Gasteiger partial charge in [0.15, 0.2) is 0 Å². The largest absolute Gasteiger partial charge is 0.467 e. The molecule has 25 heavy (non-hydrogen) atoms. The van der Waals surface area contributed by atoms with Crippen molar-refractivity contribution >= 4 is 29.1 Å². The van der Waals surface area contributed by atoms with E-state index in [-0.39, 0.29) is 11.8 Å². The maximum absolute atomic E-state index is 12.6. The van der Waals surface area contributed by atoms with E-state index >= 15 is 0 Å². The number of benzene rings is 1. The number of carbonyl (C=O) groups is 1. The summed E-state index contributed by atoms with van der Waals surface area (Å²) in [5.74, 6) is 0.573. The summed E-state index contributed by atoms with van der Waals surface area (Å²) in [6.07, 6.45) is 3.14. The topological polar surface area (TPSA) is 60.1 Å². The van der Waals surface area contributed by atoms with Crippen molar-refractivity contribution in [2.45, 2.75) is 26.3 Å². The molecule has 0 aliphatic carbocycles. The highest BCUT2D eigenvalue weighted by molar-refractivity contribution is 6.42. The predicted octanol–water partition coefficient (Wildman–Crippen LogP) is 4.83. The van der Waals surface area contributed by atoms with Crippen LogP contribution in [-0.2, 0) is 6.54 Å². The molecule has 0 fully saturated rings. The van der Waals surface area contributed by atoms with Crippen LogP contribution in [-0.4, -0.2) is 15.7 Å². The molecule has 0 bridgehead atoms. The van der Waals surface area contributed by atoms with E-state index < -0.39 is 0 Å². The number of nitrogens with zero attached hydrogens (tertiary/aromatic N) is 2. The molecule has 2 aromatic heterocycles. The molecule has 0 spiro atoms. The molecule has 0 unspecified atom stereocenters. The average Bonchev–Trinajstić information content (AvgIpc) is 3.24. The first-order chi connectivity index (χ1) is 12.0. The normalized spacial score (nSPS) is 11.1. The molecule has 0 saturated heterocycles. The number of furan rings is 1. The minimum atomic E-state index is -0.202. The van der Waals surface area contributed by atoms with Crippen LogP contribution in [0.1, 0.15) is 41.6 Å². The molecule has 5 nitrogen and oxygen atoms in total. The van der Waals surface area contributed by atoms with Crippen molar-refractivity contribution in [2.75, 3.05) is 0 Å². The van der Waals surface area contributed by atoms with Crippen LogP contribution >= 0.6 is 23.2 Å². The standard InChI is InChI=1S/C18H17Cl2N3O2/c1-11(2)17-14(18(24)21-9-13-4-3-7-25-13)10-22-23(17)12-5-6-15(19)16(20)8-12/h3-8,10-11H,9H2,1-2H3,(H,21,24). The third-order valence-electron chi connectivity index (χ3n) is 3.75. The summed E-state index contributed by atoms with van der Waals surface area (Å²) in [6.45, 7) is 4.34. The summed E-state index contributed by atoms with van der Waals surface area (Å²) >= 11 is 12.1. The van der Waals surface area contributed by atoms with Crippen LogP contribution in [0.3, 0.4) is 0 Å². The Hall–Kier alpha value is -2.24. The van der Waals surface area contributed by atoms with E-state index in [4.69, 9.17) is 27.6 Å². The van der Waals surface area contributed by atoms with E-state index in [2.05, 4.69) is 10.4 Å². The lowest BCUT2D eigenvalue weighted by atomic mass is 10.0. The molecule has 7 heteroatoms. The molecule has 1 N–H and O–H groups in total. The monoisotopic (exact) mass is 377 g/mol. The number of amides is 1. The van der Waals surface area contributed by atoms with E-state index in [9.17, 15) is 4.79 Å².